The molecule has 1 aliphatic rings. The highest BCUT2D eigenvalue weighted by atomic mass is 35.5. The Hall–Kier alpha value is 0.240. The van der Waals surface area contributed by atoms with Gasteiger partial charge < -0.3 is 5.11 Å². The summed E-state index contributed by atoms with van der Waals surface area (Å²) in [5, 5.41) is 9.13. The van der Waals surface area contributed by atoms with Gasteiger partial charge in [0.1, 0.15) is 0 Å². The predicted molar refractivity (Wildman–Crippen MR) is 51.4 cm³/mol. The van der Waals surface area contributed by atoms with Gasteiger partial charge in [-0.05, 0) is 13.3 Å². The zero-order valence-corrected chi connectivity index (χ0v) is 8.52. The Morgan fingerprint density at radius 3 is 2.83 bits per heavy atom. The van der Waals surface area contributed by atoms with Gasteiger partial charge in [-0.15, -0.1) is 11.6 Å². The van der Waals surface area contributed by atoms with Crippen LogP contribution in [0.4, 0.5) is 0 Å². The summed E-state index contributed by atoms with van der Waals surface area (Å²) in [7, 11) is 0. The highest BCUT2D eigenvalue weighted by molar-refractivity contribution is 6.24. The van der Waals surface area contributed by atoms with Gasteiger partial charge in [0.25, 0.3) is 0 Å². The van der Waals surface area contributed by atoms with Crippen molar-refractivity contribution in [1.82, 2.24) is 4.90 Å². The van der Waals surface area contributed by atoms with Crippen molar-refractivity contribution in [3.8, 4) is 0 Å². The van der Waals surface area contributed by atoms with Crippen molar-refractivity contribution in [2.45, 2.75) is 23.9 Å². The number of halogens is 2. The molecule has 2 atom stereocenters. The third-order valence-electron chi connectivity index (χ3n) is 1.88. The van der Waals surface area contributed by atoms with Crippen LogP contribution in [0.3, 0.4) is 0 Å². The third kappa shape index (κ3) is 2.94. The van der Waals surface area contributed by atoms with E-state index in [1.54, 1.807) is 4.90 Å². The molecule has 0 aromatic rings. The molecular formula is C8H13Cl2NO. The summed E-state index contributed by atoms with van der Waals surface area (Å²) in [6.45, 7) is 3.20. The fraction of sp³-hybridized carbons (Fsp3) is 0.750. The summed E-state index contributed by atoms with van der Waals surface area (Å²) in [5.74, 6) is 0. The van der Waals surface area contributed by atoms with Gasteiger partial charge in [-0.1, -0.05) is 23.8 Å². The molecule has 1 heterocycles. The molecule has 0 bridgehead atoms. The van der Waals surface area contributed by atoms with Crippen LogP contribution in [0.25, 0.3) is 0 Å². The first-order valence-corrected chi connectivity index (χ1v) is 4.73. The molecule has 0 saturated carbocycles. The predicted octanol–water partition coefficient (Wildman–Crippen LogP) is 1.76. The minimum Gasteiger partial charge on any atom is -0.365 e. The number of allylic oxidation sites excluding steroid dienone is 1. The Bertz CT molecular complexity index is 180. The number of aliphatic hydroxyl groups is 1. The summed E-state index contributed by atoms with van der Waals surface area (Å²) >= 11 is 11.7. The Labute approximate surface area is 82.8 Å². The number of alkyl halides is 2. The van der Waals surface area contributed by atoms with Crippen LogP contribution in [0, 0.1) is 0 Å². The van der Waals surface area contributed by atoms with Crippen molar-refractivity contribution in [2.75, 3.05) is 13.1 Å². The first-order valence-electron chi connectivity index (χ1n) is 3.91. The zero-order chi connectivity index (χ0) is 9.19. The maximum atomic E-state index is 9.13. The van der Waals surface area contributed by atoms with Gasteiger partial charge in [-0.2, -0.15) is 0 Å². The number of hydrogen-bond donors (Lipinski definition) is 1. The van der Waals surface area contributed by atoms with Crippen molar-refractivity contribution < 1.29 is 5.11 Å². The van der Waals surface area contributed by atoms with E-state index >= 15 is 0 Å². The largest absolute Gasteiger partial charge is 0.365 e. The number of nitrogens with zero attached hydrogens (tertiary/aromatic N) is 1. The average molecular weight is 210 g/mol. The standard InChI is InChI=1S/C8H13Cl2NO/c1-8(10)4-2-3-5-11(6-8)7(9)12/h2-3,7,12H,4-6H2,1H3. The van der Waals surface area contributed by atoms with Crippen LogP contribution in [-0.4, -0.2) is 33.7 Å². The summed E-state index contributed by atoms with van der Waals surface area (Å²) in [5.41, 5.74) is -0.939. The Morgan fingerprint density at radius 2 is 2.25 bits per heavy atom. The molecule has 0 saturated heterocycles. The van der Waals surface area contributed by atoms with E-state index in [0.29, 0.717) is 13.1 Å². The van der Waals surface area contributed by atoms with E-state index in [4.69, 9.17) is 28.3 Å². The lowest BCUT2D eigenvalue weighted by atomic mass is 10.1. The molecule has 0 aromatic heterocycles. The molecule has 1 rings (SSSR count). The topological polar surface area (TPSA) is 23.5 Å². The number of rotatable bonds is 1. The summed E-state index contributed by atoms with van der Waals surface area (Å²) in [4.78, 5) is 1.40. The second-order valence-electron chi connectivity index (χ2n) is 3.33. The lowest BCUT2D eigenvalue weighted by molar-refractivity contribution is 0.0735. The van der Waals surface area contributed by atoms with Crippen LogP contribution in [0.5, 0.6) is 0 Å². The normalized spacial score (nSPS) is 34.7. The SMILES string of the molecule is CC1(Cl)CC=CCN(C(O)Cl)C1. The van der Waals surface area contributed by atoms with E-state index in [-0.39, 0.29) is 4.87 Å². The minimum absolute atomic E-state index is 0.317. The smallest absolute Gasteiger partial charge is 0.185 e. The quantitative estimate of drug-likeness (QED) is 0.405. The molecular weight excluding hydrogens is 197 g/mol. The molecule has 1 aliphatic heterocycles. The number of hydrogen-bond acceptors (Lipinski definition) is 2. The summed E-state index contributed by atoms with van der Waals surface area (Å²) in [6, 6.07) is 0. The molecule has 1 N–H and O–H groups in total. The van der Waals surface area contributed by atoms with Gasteiger partial charge in [0.15, 0.2) is 5.69 Å². The molecule has 0 radical (unpaired) electrons. The van der Waals surface area contributed by atoms with Crippen molar-refractivity contribution >= 4 is 23.2 Å². The van der Waals surface area contributed by atoms with Gasteiger partial charge in [0.05, 0.1) is 4.87 Å². The van der Waals surface area contributed by atoms with Gasteiger partial charge in [0.2, 0.25) is 0 Å². The Kier molecular flexibility index (Phi) is 3.41. The van der Waals surface area contributed by atoms with E-state index in [1.807, 2.05) is 19.1 Å². The van der Waals surface area contributed by atoms with Crippen LogP contribution in [0.15, 0.2) is 12.2 Å². The number of aliphatic hydroxyl groups excluding tert-OH is 1. The molecule has 0 amide bonds. The zero-order valence-electron chi connectivity index (χ0n) is 7.00. The van der Waals surface area contributed by atoms with Crippen LogP contribution in [0.1, 0.15) is 13.3 Å². The summed E-state index contributed by atoms with van der Waals surface area (Å²) < 4.78 is 0. The highest BCUT2D eigenvalue weighted by Gasteiger charge is 2.27. The lowest BCUT2D eigenvalue weighted by Gasteiger charge is -2.28. The molecule has 2 nitrogen and oxygen atoms in total. The molecule has 0 spiro atoms. The van der Waals surface area contributed by atoms with Gasteiger partial charge >= 0.3 is 0 Å². The molecule has 0 aliphatic carbocycles. The van der Waals surface area contributed by atoms with Crippen molar-refractivity contribution in [3.63, 3.8) is 0 Å². The average Bonchev–Trinajstić information content (AvgIpc) is 2.10. The lowest BCUT2D eigenvalue weighted by Crippen LogP contribution is -2.39. The molecule has 0 aromatic carbocycles. The van der Waals surface area contributed by atoms with Gasteiger partial charge in [0, 0.05) is 13.1 Å². The second kappa shape index (κ2) is 3.97. The fourth-order valence-electron chi connectivity index (χ4n) is 1.25. The van der Waals surface area contributed by atoms with E-state index in [1.165, 1.54) is 0 Å². The van der Waals surface area contributed by atoms with E-state index in [0.717, 1.165) is 6.42 Å². The Balaban J connectivity index is 2.62. The molecule has 4 heteroatoms. The van der Waals surface area contributed by atoms with Gasteiger partial charge in [-0.3, -0.25) is 4.90 Å². The third-order valence-corrected chi connectivity index (χ3v) is 2.43. The maximum Gasteiger partial charge on any atom is 0.185 e. The monoisotopic (exact) mass is 209 g/mol. The second-order valence-corrected chi connectivity index (χ2v) is 4.63. The van der Waals surface area contributed by atoms with Crippen LogP contribution in [0.2, 0.25) is 0 Å². The first-order chi connectivity index (χ1) is 5.51. The molecule has 2 unspecified atom stereocenters. The van der Waals surface area contributed by atoms with Crippen molar-refractivity contribution in [3.05, 3.63) is 12.2 Å². The van der Waals surface area contributed by atoms with E-state index in [9.17, 15) is 0 Å². The minimum atomic E-state index is -0.939. The van der Waals surface area contributed by atoms with Crippen molar-refractivity contribution in [2.24, 2.45) is 0 Å². The molecule has 0 fully saturated rings. The molecule has 70 valence electrons. The first kappa shape index (κ1) is 10.3. The van der Waals surface area contributed by atoms with E-state index < -0.39 is 5.69 Å². The highest BCUT2D eigenvalue weighted by Crippen LogP contribution is 2.24. The fourth-order valence-corrected chi connectivity index (χ4v) is 1.65. The van der Waals surface area contributed by atoms with Gasteiger partial charge in [-0.25, -0.2) is 0 Å². The van der Waals surface area contributed by atoms with Crippen LogP contribution >= 0.6 is 23.2 Å². The van der Waals surface area contributed by atoms with Crippen LogP contribution in [-0.2, 0) is 0 Å². The molecule has 12 heavy (non-hydrogen) atoms. The maximum absolute atomic E-state index is 9.13. The van der Waals surface area contributed by atoms with E-state index in [2.05, 4.69) is 0 Å². The Morgan fingerprint density at radius 1 is 1.58 bits per heavy atom. The summed E-state index contributed by atoms with van der Waals surface area (Å²) in [6.07, 6.45) is 4.81. The van der Waals surface area contributed by atoms with Crippen LogP contribution < -0.4 is 0 Å². The van der Waals surface area contributed by atoms with Crippen molar-refractivity contribution in [1.29, 1.82) is 0 Å².